The van der Waals surface area contributed by atoms with Crippen LogP contribution in [0.25, 0.3) is 21.9 Å². The van der Waals surface area contributed by atoms with Crippen molar-refractivity contribution in [2.45, 2.75) is 13.5 Å². The fraction of sp³-hybridized carbons (Fsp3) is 0.278. The molecule has 1 N–H and O–H groups in total. The molecule has 0 spiro atoms. The van der Waals surface area contributed by atoms with Crippen LogP contribution in [0, 0.1) is 6.92 Å². The summed E-state index contributed by atoms with van der Waals surface area (Å²) in [6.45, 7) is 1.41. The van der Waals surface area contributed by atoms with Crippen LogP contribution >= 0.6 is 11.6 Å². The standard InChI is InChI=1S/C18H19ClN4O4S/c1-10-5-6-12-17(25)11-7-8-13(19)16(22(2)3)15(11)23(18(12)20-10)9-14(24)21-28(4,26)27/h5-8H,9H2,1-4H3,(H,21,24). The molecule has 10 heteroatoms. The number of aryl methyl sites for hydroxylation is 1. The van der Waals surface area contributed by atoms with Gasteiger partial charge in [-0.3, -0.25) is 14.3 Å². The Morgan fingerprint density at radius 3 is 2.46 bits per heavy atom. The van der Waals surface area contributed by atoms with Crippen LogP contribution in [-0.4, -0.2) is 44.2 Å². The molecule has 0 aliphatic heterocycles. The molecule has 3 rings (SSSR count). The van der Waals surface area contributed by atoms with Crippen molar-refractivity contribution in [3.63, 3.8) is 0 Å². The normalized spacial score (nSPS) is 11.8. The molecule has 0 bridgehead atoms. The Balaban J connectivity index is 2.47. The second-order valence-electron chi connectivity index (χ2n) is 6.72. The summed E-state index contributed by atoms with van der Waals surface area (Å²) in [6.07, 6.45) is 0.900. The number of aromatic nitrogens is 2. The first-order valence-electron chi connectivity index (χ1n) is 8.30. The van der Waals surface area contributed by atoms with E-state index in [1.165, 1.54) is 4.57 Å². The number of fused-ring (bicyclic) bond motifs is 2. The fourth-order valence-corrected chi connectivity index (χ4v) is 3.95. The molecule has 2 heterocycles. The van der Waals surface area contributed by atoms with Gasteiger partial charge in [0.05, 0.1) is 27.9 Å². The second-order valence-corrected chi connectivity index (χ2v) is 8.88. The molecule has 0 aliphatic rings. The van der Waals surface area contributed by atoms with Crippen LogP contribution in [0.3, 0.4) is 0 Å². The maximum absolute atomic E-state index is 13.0. The van der Waals surface area contributed by atoms with Crippen LogP contribution in [0.15, 0.2) is 29.1 Å². The maximum Gasteiger partial charge on any atom is 0.253 e. The number of halogens is 1. The molecule has 0 saturated carbocycles. The minimum atomic E-state index is -3.73. The topological polar surface area (TPSA) is 101 Å². The van der Waals surface area contributed by atoms with Crippen molar-refractivity contribution in [1.82, 2.24) is 14.3 Å². The van der Waals surface area contributed by atoms with Crippen molar-refractivity contribution < 1.29 is 13.2 Å². The molecule has 8 nitrogen and oxygen atoms in total. The number of hydrogen-bond donors (Lipinski definition) is 1. The van der Waals surface area contributed by atoms with Gasteiger partial charge in [-0.1, -0.05) is 11.6 Å². The van der Waals surface area contributed by atoms with E-state index < -0.39 is 15.9 Å². The summed E-state index contributed by atoms with van der Waals surface area (Å²) >= 11 is 6.37. The maximum atomic E-state index is 13.0. The van der Waals surface area contributed by atoms with Gasteiger partial charge in [0.2, 0.25) is 10.0 Å². The van der Waals surface area contributed by atoms with Crippen LogP contribution in [0.2, 0.25) is 5.02 Å². The minimum Gasteiger partial charge on any atom is -0.375 e. The summed E-state index contributed by atoms with van der Waals surface area (Å²) < 4.78 is 26.4. The monoisotopic (exact) mass is 422 g/mol. The van der Waals surface area contributed by atoms with Gasteiger partial charge in [-0.2, -0.15) is 0 Å². The number of nitrogens with zero attached hydrogens (tertiary/aromatic N) is 3. The van der Waals surface area contributed by atoms with Crippen LogP contribution < -0.4 is 15.1 Å². The third kappa shape index (κ3) is 3.67. The van der Waals surface area contributed by atoms with Crippen LogP contribution in [-0.2, 0) is 21.4 Å². The molecule has 0 aliphatic carbocycles. The van der Waals surface area contributed by atoms with Crippen molar-refractivity contribution in [3.8, 4) is 0 Å². The zero-order valence-corrected chi connectivity index (χ0v) is 17.3. The predicted molar refractivity (Wildman–Crippen MR) is 111 cm³/mol. The molecule has 1 aromatic carbocycles. The molecule has 0 unspecified atom stereocenters. The number of carbonyl (C=O) groups excluding carboxylic acids is 1. The zero-order valence-electron chi connectivity index (χ0n) is 15.8. The molecule has 3 aromatic rings. The largest absolute Gasteiger partial charge is 0.375 e. The highest BCUT2D eigenvalue weighted by atomic mass is 35.5. The average molecular weight is 423 g/mol. The Bertz CT molecular complexity index is 1280. The van der Waals surface area contributed by atoms with E-state index in [-0.39, 0.29) is 17.6 Å². The van der Waals surface area contributed by atoms with Gasteiger partial charge in [-0.25, -0.2) is 13.4 Å². The van der Waals surface area contributed by atoms with Crippen molar-refractivity contribution in [2.24, 2.45) is 0 Å². The van der Waals surface area contributed by atoms with E-state index in [9.17, 15) is 18.0 Å². The van der Waals surface area contributed by atoms with E-state index in [0.29, 0.717) is 32.7 Å². The van der Waals surface area contributed by atoms with Gasteiger partial charge in [0.15, 0.2) is 5.43 Å². The van der Waals surface area contributed by atoms with E-state index in [4.69, 9.17) is 11.6 Å². The lowest BCUT2D eigenvalue weighted by Gasteiger charge is -2.22. The van der Waals surface area contributed by atoms with Crippen molar-refractivity contribution in [2.75, 3.05) is 25.3 Å². The van der Waals surface area contributed by atoms with E-state index >= 15 is 0 Å². The fourth-order valence-electron chi connectivity index (χ4n) is 3.15. The first-order chi connectivity index (χ1) is 13.0. The first kappa shape index (κ1) is 20.1. The third-order valence-corrected chi connectivity index (χ3v) is 5.08. The third-order valence-electron chi connectivity index (χ3n) is 4.18. The lowest BCUT2D eigenvalue weighted by molar-refractivity contribution is -0.119. The van der Waals surface area contributed by atoms with Gasteiger partial charge in [-0.15, -0.1) is 0 Å². The summed E-state index contributed by atoms with van der Waals surface area (Å²) in [5.41, 5.74) is 1.64. The predicted octanol–water partition coefficient (Wildman–Crippen LogP) is 1.65. The number of benzene rings is 1. The Morgan fingerprint density at radius 2 is 1.86 bits per heavy atom. The van der Waals surface area contributed by atoms with E-state index in [0.717, 1.165) is 6.26 Å². The molecule has 1 amide bonds. The molecule has 2 aromatic heterocycles. The number of hydrogen-bond acceptors (Lipinski definition) is 6. The van der Waals surface area contributed by atoms with Crippen LogP contribution in [0.5, 0.6) is 0 Å². The summed E-state index contributed by atoms with van der Waals surface area (Å²) in [6, 6.07) is 6.57. The number of pyridine rings is 2. The average Bonchev–Trinajstić information content (AvgIpc) is 2.56. The van der Waals surface area contributed by atoms with Gasteiger partial charge < -0.3 is 9.47 Å². The summed E-state index contributed by atoms with van der Waals surface area (Å²) in [4.78, 5) is 31.6. The summed E-state index contributed by atoms with van der Waals surface area (Å²) in [5, 5.41) is 1.08. The lowest BCUT2D eigenvalue weighted by Crippen LogP contribution is -2.33. The van der Waals surface area contributed by atoms with Gasteiger partial charge in [0.25, 0.3) is 5.91 Å². The molecule has 28 heavy (non-hydrogen) atoms. The Hall–Kier alpha value is -2.65. The minimum absolute atomic E-state index is 0.239. The smallest absolute Gasteiger partial charge is 0.253 e. The Kier molecular flexibility index (Phi) is 5.07. The Labute approximate surface area is 166 Å². The SMILES string of the molecule is Cc1ccc2c(=O)c3ccc(Cl)c(N(C)C)c3n(CC(=O)NS(C)(=O)=O)c2n1. The quantitative estimate of drug-likeness (QED) is 0.641. The van der Waals surface area contributed by atoms with E-state index in [2.05, 4.69) is 4.98 Å². The number of sulfonamides is 1. The number of nitrogens with one attached hydrogen (secondary N) is 1. The van der Waals surface area contributed by atoms with Crippen molar-refractivity contribution >= 4 is 55.2 Å². The van der Waals surface area contributed by atoms with E-state index in [1.54, 1.807) is 50.2 Å². The van der Waals surface area contributed by atoms with E-state index in [1.807, 2.05) is 4.72 Å². The highest BCUT2D eigenvalue weighted by Crippen LogP contribution is 2.33. The number of rotatable bonds is 4. The summed E-state index contributed by atoms with van der Waals surface area (Å²) in [5.74, 6) is -0.748. The lowest BCUT2D eigenvalue weighted by atomic mass is 10.1. The molecule has 0 saturated heterocycles. The number of anilines is 1. The highest BCUT2D eigenvalue weighted by molar-refractivity contribution is 7.89. The summed E-state index contributed by atoms with van der Waals surface area (Å²) in [7, 11) is -0.205. The molecule has 0 atom stereocenters. The van der Waals surface area contributed by atoms with Crippen molar-refractivity contribution in [3.05, 3.63) is 45.2 Å². The molecular weight excluding hydrogens is 404 g/mol. The second kappa shape index (κ2) is 7.06. The van der Waals surface area contributed by atoms with Crippen LogP contribution in [0.4, 0.5) is 5.69 Å². The van der Waals surface area contributed by atoms with Crippen molar-refractivity contribution in [1.29, 1.82) is 0 Å². The molecule has 0 radical (unpaired) electrons. The van der Waals surface area contributed by atoms with Gasteiger partial charge in [-0.05, 0) is 31.2 Å². The highest BCUT2D eigenvalue weighted by Gasteiger charge is 2.20. The first-order valence-corrected chi connectivity index (χ1v) is 10.6. The van der Waals surface area contributed by atoms with Gasteiger partial charge in [0, 0.05) is 25.2 Å². The molecule has 0 fully saturated rings. The number of amides is 1. The Morgan fingerprint density at radius 1 is 1.21 bits per heavy atom. The number of carbonyl (C=O) groups is 1. The van der Waals surface area contributed by atoms with Gasteiger partial charge in [0.1, 0.15) is 12.2 Å². The zero-order chi connectivity index (χ0) is 20.8. The molecule has 148 valence electrons. The van der Waals surface area contributed by atoms with Gasteiger partial charge >= 0.3 is 0 Å². The van der Waals surface area contributed by atoms with Crippen LogP contribution in [0.1, 0.15) is 5.69 Å². The molecular formula is C18H19ClN4O4S.